The van der Waals surface area contributed by atoms with E-state index in [1.807, 2.05) is 5.32 Å². The summed E-state index contributed by atoms with van der Waals surface area (Å²) in [6.07, 6.45) is -1.18. The van der Waals surface area contributed by atoms with Gasteiger partial charge in [0.05, 0.1) is 0 Å². The minimum absolute atomic E-state index is 0.0516. The number of hydrogen-bond acceptors (Lipinski definition) is 6. The topological polar surface area (TPSA) is 115 Å². The Morgan fingerprint density at radius 1 is 1.04 bits per heavy atom. The van der Waals surface area contributed by atoms with Gasteiger partial charge in [-0.3, -0.25) is 14.9 Å². The zero-order valence-electron chi connectivity index (χ0n) is 14.5. The van der Waals surface area contributed by atoms with Gasteiger partial charge in [-0.25, -0.2) is 9.59 Å². The van der Waals surface area contributed by atoms with Gasteiger partial charge in [-0.1, -0.05) is 24.3 Å². The maximum absolute atomic E-state index is 12.1. The predicted molar refractivity (Wildman–Crippen MR) is 91.6 cm³/mol. The van der Waals surface area contributed by atoms with Crippen LogP contribution in [0.1, 0.15) is 34.8 Å². The standard InChI is InChI=1S/C18H18N2O6/c1-10(21)12-4-6-13(7-5-12)14-8-9-15(26-14)17(23)25-11(2)16(22)20-18(24)19-3/h4-9,11H,1-3H3,(H2,19,20,22,24)/t11-/m1/s1. The van der Waals surface area contributed by atoms with Crippen molar-refractivity contribution in [2.45, 2.75) is 20.0 Å². The van der Waals surface area contributed by atoms with Crippen molar-refractivity contribution in [1.82, 2.24) is 10.6 Å². The Hall–Kier alpha value is -3.42. The van der Waals surface area contributed by atoms with Gasteiger partial charge in [-0.2, -0.15) is 0 Å². The third kappa shape index (κ3) is 4.56. The van der Waals surface area contributed by atoms with Gasteiger partial charge in [0, 0.05) is 18.2 Å². The van der Waals surface area contributed by atoms with Crippen LogP contribution in [0.5, 0.6) is 0 Å². The molecule has 1 heterocycles. The quantitative estimate of drug-likeness (QED) is 0.625. The van der Waals surface area contributed by atoms with E-state index in [2.05, 4.69) is 5.32 Å². The third-order valence-corrected chi connectivity index (χ3v) is 3.50. The first-order valence-electron chi connectivity index (χ1n) is 7.76. The van der Waals surface area contributed by atoms with Crippen molar-refractivity contribution in [3.63, 3.8) is 0 Å². The second kappa shape index (κ2) is 8.11. The summed E-state index contributed by atoms with van der Waals surface area (Å²) in [7, 11) is 1.35. The molecule has 0 saturated heterocycles. The smallest absolute Gasteiger partial charge is 0.375 e. The normalized spacial score (nSPS) is 11.3. The van der Waals surface area contributed by atoms with Crippen LogP contribution in [0.15, 0.2) is 40.8 Å². The Labute approximate surface area is 149 Å². The Morgan fingerprint density at radius 2 is 1.69 bits per heavy atom. The number of rotatable bonds is 5. The van der Waals surface area contributed by atoms with Gasteiger partial charge < -0.3 is 14.5 Å². The number of imide groups is 1. The van der Waals surface area contributed by atoms with Crippen molar-refractivity contribution < 1.29 is 28.3 Å². The van der Waals surface area contributed by atoms with Crippen molar-refractivity contribution >= 4 is 23.7 Å². The lowest BCUT2D eigenvalue weighted by Gasteiger charge is -2.11. The predicted octanol–water partition coefficient (Wildman–Crippen LogP) is 2.15. The van der Waals surface area contributed by atoms with Gasteiger partial charge in [0.1, 0.15) is 5.76 Å². The Balaban J connectivity index is 2.04. The van der Waals surface area contributed by atoms with E-state index in [1.54, 1.807) is 30.3 Å². The molecule has 8 nitrogen and oxygen atoms in total. The monoisotopic (exact) mass is 358 g/mol. The zero-order valence-corrected chi connectivity index (χ0v) is 14.5. The molecule has 136 valence electrons. The second-order valence-corrected chi connectivity index (χ2v) is 5.41. The molecule has 2 N–H and O–H groups in total. The van der Waals surface area contributed by atoms with Crippen LogP contribution in [0.25, 0.3) is 11.3 Å². The Bertz CT molecular complexity index is 838. The van der Waals surface area contributed by atoms with E-state index in [9.17, 15) is 19.2 Å². The first-order valence-corrected chi connectivity index (χ1v) is 7.76. The number of carbonyl (C=O) groups excluding carboxylic acids is 4. The fraction of sp³-hybridized carbons (Fsp3) is 0.222. The number of Topliss-reactive ketones (excluding diaryl/α,β-unsaturated/α-hetero) is 1. The van der Waals surface area contributed by atoms with Crippen molar-refractivity contribution in [2.75, 3.05) is 7.05 Å². The van der Waals surface area contributed by atoms with Gasteiger partial charge in [0.2, 0.25) is 5.76 Å². The molecule has 0 aliphatic rings. The Morgan fingerprint density at radius 3 is 2.27 bits per heavy atom. The summed E-state index contributed by atoms with van der Waals surface area (Å²) in [5.74, 6) is -1.32. The molecule has 0 saturated carbocycles. The third-order valence-electron chi connectivity index (χ3n) is 3.50. The second-order valence-electron chi connectivity index (χ2n) is 5.41. The minimum atomic E-state index is -1.18. The molecule has 8 heteroatoms. The van der Waals surface area contributed by atoms with Crippen LogP contribution >= 0.6 is 0 Å². The number of esters is 1. The maximum atomic E-state index is 12.1. The van der Waals surface area contributed by atoms with E-state index in [0.29, 0.717) is 16.9 Å². The van der Waals surface area contributed by atoms with Crippen LogP contribution in [0, 0.1) is 0 Å². The fourth-order valence-corrected chi connectivity index (χ4v) is 2.02. The van der Waals surface area contributed by atoms with Crippen molar-refractivity contribution in [3.8, 4) is 11.3 Å². The van der Waals surface area contributed by atoms with Crippen molar-refractivity contribution in [3.05, 3.63) is 47.7 Å². The highest BCUT2D eigenvalue weighted by atomic mass is 16.6. The van der Waals surface area contributed by atoms with Crippen LogP contribution in [-0.4, -0.2) is 36.8 Å². The van der Waals surface area contributed by atoms with Crippen LogP contribution < -0.4 is 10.6 Å². The van der Waals surface area contributed by atoms with E-state index >= 15 is 0 Å². The summed E-state index contributed by atoms with van der Waals surface area (Å²) >= 11 is 0. The fourth-order valence-electron chi connectivity index (χ4n) is 2.02. The molecule has 2 rings (SSSR count). The maximum Gasteiger partial charge on any atom is 0.375 e. The summed E-state index contributed by atoms with van der Waals surface area (Å²) < 4.78 is 10.4. The molecule has 0 unspecified atom stereocenters. The highest BCUT2D eigenvalue weighted by Crippen LogP contribution is 2.23. The van der Waals surface area contributed by atoms with Gasteiger partial charge in [0.25, 0.3) is 5.91 Å². The first kappa shape index (κ1) is 18.9. The lowest BCUT2D eigenvalue weighted by molar-refractivity contribution is -0.128. The summed E-state index contributed by atoms with van der Waals surface area (Å²) in [6.45, 7) is 2.80. The number of ether oxygens (including phenoxy) is 1. The number of benzene rings is 1. The largest absolute Gasteiger partial charge is 0.449 e. The summed E-state index contributed by atoms with van der Waals surface area (Å²) in [6, 6.07) is 9.00. The molecule has 0 bridgehead atoms. The zero-order chi connectivity index (χ0) is 19.3. The molecule has 3 amide bonds. The molecule has 1 atom stereocenters. The van der Waals surface area contributed by atoms with E-state index < -0.39 is 24.0 Å². The molecule has 1 aromatic heterocycles. The molecule has 0 spiro atoms. The minimum Gasteiger partial charge on any atom is -0.449 e. The van der Waals surface area contributed by atoms with Crippen molar-refractivity contribution in [2.24, 2.45) is 0 Å². The number of hydrogen-bond donors (Lipinski definition) is 2. The molecule has 1 aromatic carbocycles. The highest BCUT2D eigenvalue weighted by molar-refractivity contribution is 5.98. The van der Waals surface area contributed by atoms with Crippen LogP contribution in [0.2, 0.25) is 0 Å². The summed E-state index contributed by atoms with van der Waals surface area (Å²) in [5.41, 5.74) is 1.25. The lowest BCUT2D eigenvalue weighted by Crippen LogP contribution is -2.43. The number of furan rings is 1. The highest BCUT2D eigenvalue weighted by Gasteiger charge is 2.22. The van der Waals surface area contributed by atoms with Crippen LogP contribution in [0.3, 0.4) is 0 Å². The number of amides is 3. The van der Waals surface area contributed by atoms with E-state index in [0.717, 1.165) is 0 Å². The SMILES string of the molecule is CNC(=O)NC(=O)[C@@H](C)OC(=O)c1ccc(-c2ccc(C(C)=O)cc2)o1. The first-order chi connectivity index (χ1) is 12.3. The lowest BCUT2D eigenvalue weighted by atomic mass is 10.1. The molecule has 2 aromatic rings. The van der Waals surface area contributed by atoms with Gasteiger partial charge in [-0.05, 0) is 26.0 Å². The average molecular weight is 358 g/mol. The Kier molecular flexibility index (Phi) is 5.90. The van der Waals surface area contributed by atoms with Gasteiger partial charge in [0.15, 0.2) is 11.9 Å². The van der Waals surface area contributed by atoms with Crippen LogP contribution in [0.4, 0.5) is 4.79 Å². The van der Waals surface area contributed by atoms with E-state index in [1.165, 1.54) is 27.0 Å². The molecule has 0 radical (unpaired) electrons. The average Bonchev–Trinajstić information content (AvgIpc) is 3.11. The molecular weight excluding hydrogens is 340 g/mol. The number of ketones is 1. The number of carbonyl (C=O) groups is 4. The summed E-state index contributed by atoms with van der Waals surface area (Å²) in [4.78, 5) is 46.1. The van der Waals surface area contributed by atoms with Crippen LogP contribution in [-0.2, 0) is 9.53 Å². The van der Waals surface area contributed by atoms with Crippen molar-refractivity contribution in [1.29, 1.82) is 0 Å². The van der Waals surface area contributed by atoms with Gasteiger partial charge in [-0.15, -0.1) is 0 Å². The summed E-state index contributed by atoms with van der Waals surface area (Å²) in [5, 5.41) is 4.22. The number of urea groups is 1. The molecule has 0 aliphatic heterocycles. The van der Waals surface area contributed by atoms with E-state index in [4.69, 9.17) is 9.15 Å². The molecule has 0 fully saturated rings. The molecule has 26 heavy (non-hydrogen) atoms. The van der Waals surface area contributed by atoms with Gasteiger partial charge >= 0.3 is 12.0 Å². The number of nitrogens with one attached hydrogen (secondary N) is 2. The molecule has 0 aliphatic carbocycles. The molecular formula is C18H18N2O6. The van der Waals surface area contributed by atoms with E-state index in [-0.39, 0.29) is 11.5 Å².